The van der Waals surface area contributed by atoms with Gasteiger partial charge in [0.2, 0.25) is 0 Å². The minimum Gasteiger partial charge on any atom is -0.465 e. The van der Waals surface area contributed by atoms with Crippen molar-refractivity contribution in [2.75, 3.05) is 14.2 Å². The number of halogens is 3. The minimum absolute atomic E-state index is 0.0431. The van der Waals surface area contributed by atoms with Crippen molar-refractivity contribution in [3.63, 3.8) is 0 Å². The average molecular weight is 460 g/mol. The number of fused-ring (bicyclic) bond motifs is 1. The molecule has 32 heavy (non-hydrogen) atoms. The summed E-state index contributed by atoms with van der Waals surface area (Å²) in [4.78, 5) is 25.3. The van der Waals surface area contributed by atoms with Gasteiger partial charge in [0.25, 0.3) is 0 Å². The van der Waals surface area contributed by atoms with Gasteiger partial charge in [0, 0.05) is 21.0 Å². The lowest BCUT2D eigenvalue weighted by molar-refractivity contribution is -0.136. The van der Waals surface area contributed by atoms with E-state index in [9.17, 15) is 22.8 Å². The summed E-state index contributed by atoms with van der Waals surface area (Å²) >= 11 is 0.925. The van der Waals surface area contributed by atoms with E-state index in [-0.39, 0.29) is 22.3 Å². The van der Waals surface area contributed by atoms with Crippen molar-refractivity contribution in [1.29, 1.82) is 0 Å². The van der Waals surface area contributed by atoms with Crippen molar-refractivity contribution in [1.82, 2.24) is 9.78 Å². The van der Waals surface area contributed by atoms with Gasteiger partial charge in [-0.1, -0.05) is 30.3 Å². The number of nitrogens with zero attached hydrogens (tertiary/aromatic N) is 2. The highest BCUT2D eigenvalue weighted by Crippen LogP contribution is 2.40. The quantitative estimate of drug-likeness (QED) is 0.384. The standard InChI is InChI=1S/C22H15F3N2O4S/c1-30-20(28)17-18(12-8-9-14-15(22(23,24)25)11-32-16(14)10-12)26-27(19(17)21(29)31-2)13-6-4-3-5-7-13/h3-11H,1-2H3. The summed E-state index contributed by atoms with van der Waals surface area (Å²) < 4.78 is 51.1. The van der Waals surface area contributed by atoms with Crippen LogP contribution in [0.5, 0.6) is 0 Å². The van der Waals surface area contributed by atoms with Crippen molar-refractivity contribution < 1.29 is 32.2 Å². The Hall–Kier alpha value is -3.66. The summed E-state index contributed by atoms with van der Waals surface area (Å²) in [6.45, 7) is 0. The molecule has 0 radical (unpaired) electrons. The Bertz CT molecular complexity index is 1330. The van der Waals surface area contributed by atoms with E-state index in [1.165, 1.54) is 30.0 Å². The number of ether oxygens (including phenoxy) is 2. The van der Waals surface area contributed by atoms with Crippen LogP contribution in [0.2, 0.25) is 0 Å². The Morgan fingerprint density at radius 1 is 1.00 bits per heavy atom. The van der Waals surface area contributed by atoms with E-state index in [4.69, 9.17) is 9.47 Å². The first-order valence-electron chi connectivity index (χ1n) is 9.20. The smallest absolute Gasteiger partial charge is 0.417 e. The second-order valence-corrected chi connectivity index (χ2v) is 7.57. The summed E-state index contributed by atoms with van der Waals surface area (Å²) in [5.74, 6) is -1.64. The van der Waals surface area contributed by atoms with Gasteiger partial charge in [-0.25, -0.2) is 14.3 Å². The molecule has 0 saturated carbocycles. The van der Waals surface area contributed by atoms with Gasteiger partial charge in [0.15, 0.2) is 5.69 Å². The molecule has 4 rings (SSSR count). The number of aromatic nitrogens is 2. The Labute approximate surface area is 183 Å². The molecule has 2 heterocycles. The Kier molecular flexibility index (Phi) is 5.47. The largest absolute Gasteiger partial charge is 0.465 e. The lowest BCUT2D eigenvalue weighted by Gasteiger charge is -2.07. The number of hydrogen-bond donors (Lipinski definition) is 0. The van der Waals surface area contributed by atoms with Gasteiger partial charge in [-0.2, -0.15) is 18.3 Å². The zero-order valence-corrected chi connectivity index (χ0v) is 17.6. The normalized spacial score (nSPS) is 11.5. The molecule has 0 unspecified atom stereocenters. The molecule has 4 aromatic rings. The van der Waals surface area contributed by atoms with Crippen molar-refractivity contribution >= 4 is 33.4 Å². The predicted octanol–water partition coefficient (Wildman–Crippen LogP) is 5.35. The van der Waals surface area contributed by atoms with Crippen LogP contribution in [-0.4, -0.2) is 35.9 Å². The van der Waals surface area contributed by atoms with Crippen LogP contribution < -0.4 is 0 Å². The van der Waals surface area contributed by atoms with Crippen LogP contribution in [0.1, 0.15) is 26.4 Å². The van der Waals surface area contributed by atoms with E-state index in [1.807, 2.05) is 0 Å². The van der Waals surface area contributed by atoms with Crippen molar-refractivity contribution in [3.8, 4) is 16.9 Å². The van der Waals surface area contributed by atoms with Crippen molar-refractivity contribution in [2.24, 2.45) is 0 Å². The van der Waals surface area contributed by atoms with Gasteiger partial charge in [-0.3, -0.25) is 0 Å². The van der Waals surface area contributed by atoms with E-state index in [2.05, 4.69) is 5.10 Å². The second-order valence-electron chi connectivity index (χ2n) is 6.66. The molecule has 164 valence electrons. The van der Waals surface area contributed by atoms with Crippen molar-refractivity contribution in [3.05, 3.63) is 70.7 Å². The molecular formula is C22H15F3N2O4S. The highest BCUT2D eigenvalue weighted by molar-refractivity contribution is 7.17. The third kappa shape index (κ3) is 3.62. The molecule has 6 nitrogen and oxygen atoms in total. The fourth-order valence-corrected chi connectivity index (χ4v) is 4.36. The monoisotopic (exact) mass is 460 g/mol. The summed E-state index contributed by atoms with van der Waals surface area (Å²) in [6, 6.07) is 12.8. The topological polar surface area (TPSA) is 70.4 Å². The third-order valence-electron chi connectivity index (χ3n) is 4.81. The van der Waals surface area contributed by atoms with Gasteiger partial charge >= 0.3 is 18.1 Å². The van der Waals surface area contributed by atoms with Crippen LogP contribution in [0.25, 0.3) is 27.0 Å². The van der Waals surface area contributed by atoms with Crippen LogP contribution in [0.4, 0.5) is 13.2 Å². The molecule has 10 heteroatoms. The van der Waals surface area contributed by atoms with E-state index >= 15 is 0 Å². The van der Waals surface area contributed by atoms with Gasteiger partial charge < -0.3 is 9.47 Å². The second kappa shape index (κ2) is 8.12. The van der Waals surface area contributed by atoms with Crippen LogP contribution in [-0.2, 0) is 15.7 Å². The van der Waals surface area contributed by atoms with Crippen LogP contribution in [0.15, 0.2) is 53.9 Å². The highest BCUT2D eigenvalue weighted by Gasteiger charge is 2.34. The molecule has 2 aromatic heterocycles. The molecule has 2 aromatic carbocycles. The maximum absolute atomic E-state index is 13.2. The molecule has 0 N–H and O–H groups in total. The lowest BCUT2D eigenvalue weighted by atomic mass is 10.0. The SMILES string of the molecule is COC(=O)c1c(-c2ccc3c(C(F)(F)F)csc3c2)nn(-c2ccccc2)c1C(=O)OC. The van der Waals surface area contributed by atoms with Gasteiger partial charge in [0.1, 0.15) is 11.3 Å². The van der Waals surface area contributed by atoms with Gasteiger partial charge in [-0.15, -0.1) is 11.3 Å². The average Bonchev–Trinajstić information content (AvgIpc) is 3.40. The van der Waals surface area contributed by atoms with E-state index < -0.39 is 23.7 Å². The molecule has 0 bridgehead atoms. The molecular weight excluding hydrogens is 445 g/mol. The fourth-order valence-electron chi connectivity index (χ4n) is 3.35. The zero-order valence-electron chi connectivity index (χ0n) is 16.8. The molecule has 0 spiro atoms. The molecule has 0 saturated heterocycles. The molecule has 0 aliphatic heterocycles. The summed E-state index contributed by atoms with van der Waals surface area (Å²) in [5.41, 5.74) is -0.0978. The lowest BCUT2D eigenvalue weighted by Crippen LogP contribution is -2.15. The van der Waals surface area contributed by atoms with Crippen LogP contribution in [0, 0.1) is 0 Å². The van der Waals surface area contributed by atoms with E-state index in [0.29, 0.717) is 16.0 Å². The van der Waals surface area contributed by atoms with E-state index in [0.717, 1.165) is 23.8 Å². The number of carbonyl (C=O) groups excluding carboxylic acids is 2. The number of thiophene rings is 1. The number of methoxy groups -OCH3 is 2. The van der Waals surface area contributed by atoms with Gasteiger partial charge in [0.05, 0.1) is 25.5 Å². The molecule has 0 fully saturated rings. The summed E-state index contributed by atoms with van der Waals surface area (Å²) in [6.07, 6.45) is -4.48. The fraction of sp³-hybridized carbons (Fsp3) is 0.136. The summed E-state index contributed by atoms with van der Waals surface area (Å²) in [5, 5.41) is 5.53. The van der Waals surface area contributed by atoms with Crippen LogP contribution in [0.3, 0.4) is 0 Å². The Morgan fingerprint density at radius 2 is 1.69 bits per heavy atom. The maximum atomic E-state index is 13.2. The first-order chi connectivity index (χ1) is 15.3. The Balaban J connectivity index is 1.99. The highest BCUT2D eigenvalue weighted by atomic mass is 32.1. The number of benzene rings is 2. The first-order valence-corrected chi connectivity index (χ1v) is 10.1. The molecule has 0 aliphatic carbocycles. The summed E-state index contributed by atoms with van der Waals surface area (Å²) in [7, 11) is 2.33. The Morgan fingerprint density at radius 3 is 2.31 bits per heavy atom. The number of carbonyl (C=O) groups is 2. The van der Waals surface area contributed by atoms with E-state index in [1.54, 1.807) is 30.3 Å². The van der Waals surface area contributed by atoms with Crippen molar-refractivity contribution in [2.45, 2.75) is 6.18 Å². The number of esters is 2. The third-order valence-corrected chi connectivity index (χ3v) is 5.75. The first kappa shape index (κ1) is 21.6. The minimum atomic E-state index is -4.48. The number of rotatable bonds is 4. The molecule has 0 aliphatic rings. The van der Waals surface area contributed by atoms with Crippen LogP contribution >= 0.6 is 11.3 Å². The molecule has 0 atom stereocenters. The van der Waals surface area contributed by atoms with Gasteiger partial charge in [-0.05, 0) is 18.2 Å². The molecule has 0 amide bonds. The zero-order chi connectivity index (χ0) is 23.0. The maximum Gasteiger partial charge on any atom is 0.417 e. The number of alkyl halides is 3. The predicted molar refractivity (Wildman–Crippen MR) is 112 cm³/mol. The number of para-hydroxylation sites is 1. The number of hydrogen-bond acceptors (Lipinski definition) is 6.